The van der Waals surface area contributed by atoms with Gasteiger partial charge in [-0.25, -0.2) is 8.42 Å². The molecule has 118 valence electrons. The third-order valence-corrected chi connectivity index (χ3v) is 7.15. The lowest BCUT2D eigenvalue weighted by Crippen LogP contribution is -2.52. The van der Waals surface area contributed by atoms with Crippen molar-refractivity contribution in [3.63, 3.8) is 0 Å². The third kappa shape index (κ3) is 3.30. The summed E-state index contributed by atoms with van der Waals surface area (Å²) >= 11 is 1.20. The smallest absolute Gasteiger partial charge is 0.253 e. The van der Waals surface area contributed by atoms with E-state index in [2.05, 4.69) is 0 Å². The van der Waals surface area contributed by atoms with Crippen molar-refractivity contribution in [3.05, 3.63) is 17.5 Å². The molecule has 5 nitrogen and oxygen atoms in total. The Kier molecular flexibility index (Phi) is 5.40. The van der Waals surface area contributed by atoms with Crippen LogP contribution < -0.4 is 0 Å². The molecule has 1 amide bonds. The molecule has 7 heteroatoms. The molecule has 0 N–H and O–H groups in total. The maximum atomic E-state index is 12.7. The molecule has 2 heterocycles. The first kappa shape index (κ1) is 16.5. The fourth-order valence-corrected chi connectivity index (χ4v) is 5.48. The highest BCUT2D eigenvalue weighted by Crippen LogP contribution is 2.28. The van der Waals surface area contributed by atoms with E-state index in [0.29, 0.717) is 30.3 Å². The summed E-state index contributed by atoms with van der Waals surface area (Å²) in [5.74, 6) is -0.0696. The van der Waals surface area contributed by atoms with Crippen molar-refractivity contribution in [1.82, 2.24) is 9.21 Å². The zero-order valence-electron chi connectivity index (χ0n) is 12.5. The second kappa shape index (κ2) is 6.89. The topological polar surface area (TPSA) is 57.7 Å². The predicted molar refractivity (Wildman–Crippen MR) is 83.8 cm³/mol. The Labute approximate surface area is 130 Å². The largest absolute Gasteiger partial charge is 0.342 e. The normalized spacial score (nSPS) is 20.4. The van der Waals surface area contributed by atoms with Crippen molar-refractivity contribution in [2.24, 2.45) is 0 Å². The second-order valence-corrected chi connectivity index (χ2v) is 8.14. The lowest BCUT2D eigenvalue weighted by atomic mass is 10.0. The first-order valence-electron chi connectivity index (χ1n) is 7.36. The molecule has 1 aliphatic rings. The minimum absolute atomic E-state index is 0.0696. The van der Waals surface area contributed by atoms with E-state index in [-0.39, 0.29) is 5.91 Å². The summed E-state index contributed by atoms with van der Waals surface area (Å²) in [7, 11) is -3.56. The van der Waals surface area contributed by atoms with Crippen LogP contribution in [0, 0.1) is 0 Å². The van der Waals surface area contributed by atoms with Crippen LogP contribution in [0.15, 0.2) is 21.7 Å². The Morgan fingerprint density at radius 1 is 1.38 bits per heavy atom. The lowest BCUT2D eigenvalue weighted by Gasteiger charge is -2.36. The summed E-state index contributed by atoms with van der Waals surface area (Å²) in [6.45, 7) is 5.49. The number of carbonyl (C=O) groups excluding carboxylic acids is 1. The molecule has 1 saturated heterocycles. The van der Waals surface area contributed by atoms with Crippen molar-refractivity contribution in [1.29, 1.82) is 0 Å². The molecule has 1 aliphatic heterocycles. The zero-order chi connectivity index (χ0) is 15.5. The molecule has 1 unspecified atom stereocenters. The highest BCUT2D eigenvalue weighted by Gasteiger charge is 2.39. The molecular weight excluding hydrogens is 308 g/mol. The summed E-state index contributed by atoms with van der Waals surface area (Å²) in [5.41, 5.74) is 0. The van der Waals surface area contributed by atoms with Gasteiger partial charge < -0.3 is 4.90 Å². The molecule has 21 heavy (non-hydrogen) atoms. The molecule has 1 atom stereocenters. The fourth-order valence-electron chi connectivity index (χ4n) is 2.71. The van der Waals surface area contributed by atoms with Gasteiger partial charge in [-0.1, -0.05) is 12.5 Å². The summed E-state index contributed by atoms with van der Waals surface area (Å²) in [6, 6.07) is 2.78. The van der Waals surface area contributed by atoms with Gasteiger partial charge in [0.25, 0.3) is 10.0 Å². The van der Waals surface area contributed by atoms with E-state index in [0.717, 1.165) is 12.8 Å². The molecule has 0 bridgehead atoms. The van der Waals surface area contributed by atoms with Gasteiger partial charge >= 0.3 is 0 Å². The van der Waals surface area contributed by atoms with E-state index in [1.165, 1.54) is 15.6 Å². The number of carbonyl (C=O) groups is 1. The summed E-state index contributed by atoms with van der Waals surface area (Å²) in [4.78, 5) is 14.3. The molecular formula is C14H22N2O3S2. The molecule has 0 spiro atoms. The molecule has 1 aromatic rings. The van der Waals surface area contributed by atoms with Gasteiger partial charge in [-0.2, -0.15) is 4.31 Å². The van der Waals surface area contributed by atoms with Crippen LogP contribution in [0.3, 0.4) is 0 Å². The average molecular weight is 330 g/mol. The van der Waals surface area contributed by atoms with Crippen LogP contribution in [0.25, 0.3) is 0 Å². The highest BCUT2D eigenvalue weighted by molar-refractivity contribution is 7.91. The minimum Gasteiger partial charge on any atom is -0.342 e. The van der Waals surface area contributed by atoms with Crippen LogP contribution in [-0.2, 0) is 14.8 Å². The Morgan fingerprint density at radius 3 is 2.67 bits per heavy atom. The fraction of sp³-hybridized carbons (Fsp3) is 0.643. The molecule has 0 saturated carbocycles. The van der Waals surface area contributed by atoms with Crippen molar-refractivity contribution < 1.29 is 13.2 Å². The molecule has 1 fully saturated rings. The number of piperidine rings is 1. The van der Waals surface area contributed by atoms with Gasteiger partial charge in [0.05, 0.1) is 0 Å². The summed E-state index contributed by atoms with van der Waals surface area (Å²) in [6.07, 6.45) is 2.32. The SMILES string of the molecule is CCN(CC)C(=O)C1CCCCN1S(=O)(=O)c1cccs1. The van der Waals surface area contributed by atoms with E-state index in [1.54, 1.807) is 22.4 Å². The van der Waals surface area contributed by atoms with E-state index in [9.17, 15) is 13.2 Å². The molecule has 0 radical (unpaired) electrons. The third-order valence-electron chi connectivity index (χ3n) is 3.87. The van der Waals surface area contributed by atoms with Crippen LogP contribution in [0.5, 0.6) is 0 Å². The van der Waals surface area contributed by atoms with Crippen molar-refractivity contribution in [2.75, 3.05) is 19.6 Å². The predicted octanol–water partition coefficient (Wildman–Crippen LogP) is 2.16. The first-order valence-corrected chi connectivity index (χ1v) is 9.68. The summed E-state index contributed by atoms with van der Waals surface area (Å²) < 4.78 is 27.2. The van der Waals surface area contributed by atoms with Crippen molar-refractivity contribution in [3.8, 4) is 0 Å². The Hall–Kier alpha value is -0.920. The Morgan fingerprint density at radius 2 is 2.10 bits per heavy atom. The molecule has 1 aromatic heterocycles. The van der Waals surface area contributed by atoms with Gasteiger partial charge in [0.1, 0.15) is 10.3 Å². The van der Waals surface area contributed by atoms with E-state index < -0.39 is 16.1 Å². The van der Waals surface area contributed by atoms with Crippen LogP contribution in [-0.4, -0.2) is 49.2 Å². The average Bonchev–Trinajstić information content (AvgIpc) is 3.03. The number of nitrogens with zero attached hydrogens (tertiary/aromatic N) is 2. The number of sulfonamides is 1. The number of hydrogen-bond acceptors (Lipinski definition) is 4. The highest BCUT2D eigenvalue weighted by atomic mass is 32.2. The van der Waals surface area contributed by atoms with Gasteiger partial charge in [0, 0.05) is 19.6 Å². The van der Waals surface area contributed by atoms with Gasteiger partial charge in [0.2, 0.25) is 5.91 Å². The van der Waals surface area contributed by atoms with E-state index >= 15 is 0 Å². The van der Waals surface area contributed by atoms with E-state index in [4.69, 9.17) is 0 Å². The molecule has 2 rings (SSSR count). The van der Waals surface area contributed by atoms with Gasteiger partial charge in [-0.05, 0) is 38.1 Å². The van der Waals surface area contributed by atoms with Crippen LogP contribution in [0.4, 0.5) is 0 Å². The van der Waals surface area contributed by atoms with Gasteiger partial charge in [0.15, 0.2) is 0 Å². The molecule has 0 aliphatic carbocycles. The number of amides is 1. The number of hydrogen-bond donors (Lipinski definition) is 0. The monoisotopic (exact) mass is 330 g/mol. The Balaban J connectivity index is 2.30. The van der Waals surface area contributed by atoms with Crippen molar-refractivity contribution >= 4 is 27.3 Å². The molecule has 0 aromatic carbocycles. The minimum atomic E-state index is -3.56. The van der Waals surface area contributed by atoms with Crippen LogP contribution in [0.2, 0.25) is 0 Å². The maximum Gasteiger partial charge on any atom is 0.253 e. The Bertz CT molecular complexity index is 565. The quantitative estimate of drug-likeness (QED) is 0.831. The maximum absolute atomic E-state index is 12.7. The van der Waals surface area contributed by atoms with Crippen LogP contribution >= 0.6 is 11.3 Å². The zero-order valence-corrected chi connectivity index (χ0v) is 14.1. The summed E-state index contributed by atoms with van der Waals surface area (Å²) in [5, 5.41) is 1.75. The lowest BCUT2D eigenvalue weighted by molar-refractivity contribution is -0.135. The van der Waals surface area contributed by atoms with Gasteiger partial charge in [-0.3, -0.25) is 4.79 Å². The standard InChI is InChI=1S/C14H22N2O3S2/c1-3-15(4-2)14(17)12-8-5-6-10-16(12)21(18,19)13-9-7-11-20-13/h7,9,11-12H,3-6,8,10H2,1-2H3. The number of rotatable bonds is 5. The second-order valence-electron chi connectivity index (χ2n) is 5.07. The number of likely N-dealkylation sites (N-methyl/N-ethyl adjacent to an activating group) is 1. The first-order chi connectivity index (χ1) is 10.0. The van der Waals surface area contributed by atoms with E-state index in [1.807, 2.05) is 13.8 Å². The van der Waals surface area contributed by atoms with Crippen LogP contribution in [0.1, 0.15) is 33.1 Å². The number of thiophene rings is 1. The van der Waals surface area contributed by atoms with Gasteiger partial charge in [-0.15, -0.1) is 11.3 Å². The van der Waals surface area contributed by atoms with Crippen molar-refractivity contribution in [2.45, 2.75) is 43.4 Å².